The van der Waals surface area contributed by atoms with Crippen LogP contribution in [-0.2, 0) is 13.5 Å². The molecule has 0 saturated heterocycles. The molecule has 1 heterocycles. The fourth-order valence-corrected chi connectivity index (χ4v) is 1.68. The first-order valence-electron chi connectivity index (χ1n) is 5.61. The topological polar surface area (TPSA) is 29.9 Å². The fraction of sp³-hybridized carbons (Fsp3) is 0.308. The maximum atomic E-state index is 4.11. The minimum atomic E-state index is 0.987. The van der Waals surface area contributed by atoms with E-state index in [1.165, 1.54) is 5.56 Å². The largest absolute Gasteiger partial charge is 0.382 e. The normalized spacial score (nSPS) is 10.3. The number of hydrogen-bond donors (Lipinski definition) is 1. The molecule has 3 heteroatoms. The summed E-state index contributed by atoms with van der Waals surface area (Å²) in [4.78, 5) is 0. The molecule has 0 radical (unpaired) electrons. The molecule has 2 aromatic rings. The van der Waals surface area contributed by atoms with Crippen molar-refractivity contribution in [1.29, 1.82) is 0 Å². The van der Waals surface area contributed by atoms with Gasteiger partial charge in [0.25, 0.3) is 0 Å². The summed E-state index contributed by atoms with van der Waals surface area (Å²) < 4.78 is 1.81. The summed E-state index contributed by atoms with van der Waals surface area (Å²) in [7, 11) is 1.93. The standard InChI is InChI=1S/C13H17N3/c1-16-11-13(10-15-16)14-9-5-8-12-6-3-2-4-7-12/h2-4,6-7,10-11,14H,5,8-9H2,1H3. The van der Waals surface area contributed by atoms with Gasteiger partial charge in [-0.3, -0.25) is 4.68 Å². The highest BCUT2D eigenvalue weighted by molar-refractivity contribution is 5.37. The second-order valence-corrected chi connectivity index (χ2v) is 3.92. The Hall–Kier alpha value is -1.77. The van der Waals surface area contributed by atoms with Crippen LogP contribution < -0.4 is 5.32 Å². The number of rotatable bonds is 5. The van der Waals surface area contributed by atoms with Gasteiger partial charge in [0.1, 0.15) is 0 Å². The van der Waals surface area contributed by atoms with E-state index in [-0.39, 0.29) is 0 Å². The molecule has 1 N–H and O–H groups in total. The van der Waals surface area contributed by atoms with Crippen molar-refractivity contribution in [3.63, 3.8) is 0 Å². The van der Waals surface area contributed by atoms with Crippen LogP contribution in [0.5, 0.6) is 0 Å². The third kappa shape index (κ3) is 3.12. The maximum absolute atomic E-state index is 4.11. The molecule has 0 atom stereocenters. The van der Waals surface area contributed by atoms with Crippen LogP contribution in [0.3, 0.4) is 0 Å². The molecule has 0 fully saturated rings. The smallest absolute Gasteiger partial charge is 0.0726 e. The van der Waals surface area contributed by atoms with Gasteiger partial charge in [-0.15, -0.1) is 0 Å². The highest BCUT2D eigenvalue weighted by atomic mass is 15.3. The van der Waals surface area contributed by atoms with Gasteiger partial charge in [-0.1, -0.05) is 30.3 Å². The number of hydrogen-bond acceptors (Lipinski definition) is 2. The molecule has 0 aliphatic carbocycles. The van der Waals surface area contributed by atoms with Crippen LogP contribution in [0.1, 0.15) is 12.0 Å². The average molecular weight is 215 g/mol. The van der Waals surface area contributed by atoms with Gasteiger partial charge in [0.15, 0.2) is 0 Å². The van der Waals surface area contributed by atoms with E-state index >= 15 is 0 Å². The molecule has 0 saturated carbocycles. The highest BCUT2D eigenvalue weighted by Crippen LogP contribution is 2.05. The SMILES string of the molecule is Cn1cc(NCCCc2ccccc2)cn1. The van der Waals surface area contributed by atoms with E-state index in [0.29, 0.717) is 0 Å². The Morgan fingerprint density at radius 1 is 1.25 bits per heavy atom. The minimum Gasteiger partial charge on any atom is -0.382 e. The Bertz CT molecular complexity index is 420. The van der Waals surface area contributed by atoms with E-state index in [0.717, 1.165) is 25.1 Å². The fourth-order valence-electron chi connectivity index (χ4n) is 1.68. The van der Waals surface area contributed by atoms with Gasteiger partial charge < -0.3 is 5.32 Å². The lowest BCUT2D eigenvalue weighted by Gasteiger charge is -2.03. The number of anilines is 1. The number of aromatic nitrogens is 2. The van der Waals surface area contributed by atoms with Crippen molar-refractivity contribution in [3.8, 4) is 0 Å². The van der Waals surface area contributed by atoms with E-state index in [1.807, 2.05) is 19.4 Å². The number of nitrogens with zero attached hydrogens (tertiary/aromatic N) is 2. The molecule has 0 amide bonds. The van der Waals surface area contributed by atoms with Gasteiger partial charge >= 0.3 is 0 Å². The Morgan fingerprint density at radius 2 is 2.06 bits per heavy atom. The number of nitrogens with one attached hydrogen (secondary N) is 1. The second kappa shape index (κ2) is 5.35. The maximum Gasteiger partial charge on any atom is 0.0726 e. The first-order valence-corrected chi connectivity index (χ1v) is 5.61. The van der Waals surface area contributed by atoms with Crippen molar-refractivity contribution in [3.05, 3.63) is 48.3 Å². The van der Waals surface area contributed by atoms with Crippen molar-refractivity contribution in [2.24, 2.45) is 7.05 Å². The predicted octanol–water partition coefficient (Wildman–Crippen LogP) is 2.46. The van der Waals surface area contributed by atoms with Crippen molar-refractivity contribution in [2.75, 3.05) is 11.9 Å². The van der Waals surface area contributed by atoms with Crippen molar-refractivity contribution in [1.82, 2.24) is 9.78 Å². The zero-order valence-electron chi connectivity index (χ0n) is 9.56. The molecule has 1 aromatic heterocycles. The number of aryl methyl sites for hydroxylation is 2. The molecule has 0 bridgehead atoms. The van der Waals surface area contributed by atoms with Gasteiger partial charge in [0, 0.05) is 19.8 Å². The Morgan fingerprint density at radius 3 is 2.75 bits per heavy atom. The van der Waals surface area contributed by atoms with Crippen LogP contribution in [0, 0.1) is 0 Å². The van der Waals surface area contributed by atoms with E-state index in [4.69, 9.17) is 0 Å². The monoisotopic (exact) mass is 215 g/mol. The lowest BCUT2D eigenvalue weighted by molar-refractivity contribution is 0.767. The van der Waals surface area contributed by atoms with Crippen LogP contribution in [0.25, 0.3) is 0 Å². The summed E-state index contributed by atoms with van der Waals surface area (Å²) in [5.74, 6) is 0. The Labute approximate surface area is 96.1 Å². The zero-order chi connectivity index (χ0) is 11.2. The molecule has 0 unspecified atom stereocenters. The molecule has 1 aromatic carbocycles. The van der Waals surface area contributed by atoms with Crippen LogP contribution in [0.15, 0.2) is 42.7 Å². The van der Waals surface area contributed by atoms with E-state index in [9.17, 15) is 0 Å². The summed E-state index contributed by atoms with van der Waals surface area (Å²) in [5.41, 5.74) is 2.49. The summed E-state index contributed by atoms with van der Waals surface area (Å²) in [6.45, 7) is 0.987. The van der Waals surface area contributed by atoms with Crippen molar-refractivity contribution < 1.29 is 0 Å². The van der Waals surface area contributed by atoms with Crippen molar-refractivity contribution in [2.45, 2.75) is 12.8 Å². The van der Waals surface area contributed by atoms with Gasteiger partial charge in [-0.05, 0) is 18.4 Å². The van der Waals surface area contributed by atoms with Crippen LogP contribution in [-0.4, -0.2) is 16.3 Å². The molecular formula is C13H17N3. The van der Waals surface area contributed by atoms with E-state index < -0.39 is 0 Å². The van der Waals surface area contributed by atoms with Gasteiger partial charge in [0.05, 0.1) is 11.9 Å². The number of benzene rings is 1. The minimum absolute atomic E-state index is 0.987. The summed E-state index contributed by atoms with van der Waals surface area (Å²) >= 11 is 0. The quantitative estimate of drug-likeness (QED) is 0.776. The molecule has 0 aliphatic rings. The van der Waals surface area contributed by atoms with Crippen LogP contribution in [0.4, 0.5) is 5.69 Å². The zero-order valence-corrected chi connectivity index (χ0v) is 9.56. The highest BCUT2D eigenvalue weighted by Gasteiger charge is 1.95. The van der Waals surface area contributed by atoms with Crippen molar-refractivity contribution >= 4 is 5.69 Å². The summed E-state index contributed by atoms with van der Waals surface area (Å²) in [5, 5.41) is 7.46. The molecule has 3 nitrogen and oxygen atoms in total. The second-order valence-electron chi connectivity index (χ2n) is 3.92. The predicted molar refractivity (Wildman–Crippen MR) is 66.5 cm³/mol. The molecule has 2 rings (SSSR count). The first kappa shape index (κ1) is 10.7. The van der Waals surface area contributed by atoms with Gasteiger partial charge in [-0.25, -0.2) is 0 Å². The van der Waals surface area contributed by atoms with E-state index in [1.54, 1.807) is 4.68 Å². The molecule has 16 heavy (non-hydrogen) atoms. The van der Waals surface area contributed by atoms with Crippen LogP contribution >= 0.6 is 0 Å². The molecule has 0 spiro atoms. The van der Waals surface area contributed by atoms with Crippen LogP contribution in [0.2, 0.25) is 0 Å². The summed E-state index contributed by atoms with van der Waals surface area (Å²) in [6.07, 6.45) is 6.10. The third-order valence-corrected chi connectivity index (χ3v) is 2.52. The molecule has 0 aliphatic heterocycles. The lowest BCUT2D eigenvalue weighted by Crippen LogP contribution is -2.02. The molecule has 84 valence electrons. The molecular weight excluding hydrogens is 198 g/mol. The Balaban J connectivity index is 1.69. The van der Waals surface area contributed by atoms with E-state index in [2.05, 4.69) is 40.7 Å². The third-order valence-electron chi connectivity index (χ3n) is 2.52. The first-order chi connectivity index (χ1) is 7.84. The van der Waals surface area contributed by atoms with Gasteiger partial charge in [-0.2, -0.15) is 5.10 Å². The lowest BCUT2D eigenvalue weighted by atomic mass is 10.1. The Kier molecular flexibility index (Phi) is 3.59. The average Bonchev–Trinajstić information content (AvgIpc) is 2.72. The van der Waals surface area contributed by atoms with Gasteiger partial charge in [0.2, 0.25) is 0 Å². The summed E-state index contributed by atoms with van der Waals surface area (Å²) in [6, 6.07) is 10.6.